The van der Waals surface area contributed by atoms with Gasteiger partial charge in [-0.25, -0.2) is 0 Å². The second-order valence-electron chi connectivity index (χ2n) is 29.6. The van der Waals surface area contributed by atoms with Crippen LogP contribution in [0, 0.1) is 3.57 Å². The SMILES string of the molecule is Brc1ccc(I)cc1.CC1(C)c2ccccc2-c2ccc(N(c3ccc(-c4ccccc4)cc3)c3ccc(-c4ccc5c(c4)-c4ccccc4C5)cc3)cc21.CC1(C)c2ccccc2-c2ccc(N(c3ccc(-c4ccccc4)cc3)c3ccc(-c4ccc5c(c4)c4ccccc4n5-c4ccc(Br)cc4)cc3)cc21. The molecule has 3 nitrogen and oxygen atoms in total. The van der Waals surface area contributed by atoms with E-state index in [2.05, 4.69) is 460 Å². The zero-order valence-electron chi connectivity index (χ0n) is 61.0. The molecule has 0 spiro atoms. The van der Waals surface area contributed by atoms with Gasteiger partial charge in [-0.3, -0.25) is 0 Å². The van der Waals surface area contributed by atoms with Crippen molar-refractivity contribution < 1.29 is 0 Å². The molecule has 1 aromatic heterocycles. The highest BCUT2D eigenvalue weighted by molar-refractivity contribution is 14.1. The number of hydrogen-bond acceptors (Lipinski definition) is 2. The molecular formula is C103H76Br2IN3. The Balaban J connectivity index is 0.000000140. The topological polar surface area (TPSA) is 11.4 Å². The van der Waals surface area contributed by atoms with Gasteiger partial charge in [0.25, 0.3) is 0 Å². The molecule has 0 amide bonds. The van der Waals surface area contributed by atoms with Crippen LogP contribution in [-0.2, 0) is 17.3 Å². The van der Waals surface area contributed by atoms with Gasteiger partial charge >= 0.3 is 0 Å². The molecule has 17 aromatic rings. The lowest BCUT2D eigenvalue weighted by atomic mass is 9.82. The molecule has 0 N–H and O–H groups in total. The van der Waals surface area contributed by atoms with Crippen molar-refractivity contribution in [3.8, 4) is 83.6 Å². The summed E-state index contributed by atoms with van der Waals surface area (Å²) in [7, 11) is 0. The summed E-state index contributed by atoms with van der Waals surface area (Å²) < 4.78 is 5.84. The highest BCUT2D eigenvalue weighted by Gasteiger charge is 2.37. The number of anilines is 6. The maximum atomic E-state index is 3.60. The zero-order chi connectivity index (χ0) is 73.9. The molecule has 0 atom stereocenters. The Morgan fingerprint density at radius 1 is 0.266 bits per heavy atom. The van der Waals surface area contributed by atoms with Crippen molar-refractivity contribution in [1.29, 1.82) is 0 Å². The van der Waals surface area contributed by atoms with E-state index in [1.54, 1.807) is 0 Å². The molecule has 0 radical (unpaired) electrons. The summed E-state index contributed by atoms with van der Waals surface area (Å²) in [6.45, 7) is 9.40. The third-order valence-corrected chi connectivity index (χ3v) is 24.2. The van der Waals surface area contributed by atoms with Crippen LogP contribution >= 0.6 is 54.5 Å². The Kier molecular flexibility index (Phi) is 18.4. The molecule has 1 heterocycles. The fraction of sp³-hybridized carbons (Fsp3) is 0.0680. The predicted molar refractivity (Wildman–Crippen MR) is 476 cm³/mol. The first-order valence-electron chi connectivity index (χ1n) is 37.3. The molecular weight excluding hydrogens is 1570 g/mol. The van der Waals surface area contributed by atoms with Crippen LogP contribution in [0.4, 0.5) is 34.1 Å². The van der Waals surface area contributed by atoms with E-state index < -0.39 is 0 Å². The van der Waals surface area contributed by atoms with Crippen LogP contribution in [0.3, 0.4) is 0 Å². The standard InChI is InChI=1S/C51H37BrN2.C46H35N.C6H4BrI/c1-51(2)47-14-8-6-12-43(47)44-30-29-42(33-48(44)51)53(39-23-16-35(17-24-39)34-10-4-3-5-11-34)40-25-18-36(19-26-40)37-20-31-50-46(32-37)45-13-7-9-15-49(45)54(50)41-27-21-38(52)22-28-41;1-46(2)44-15-9-8-14-41(44)42-27-26-39(30-45(42)46)47(37-22-18-32(19-23-37)31-10-4-3-5-11-31)38-24-20-33(21-25-38)34-16-17-36-28-35-12-6-7-13-40(35)43(36)29-34;7-5-1-3-6(8)4-2-5/h3-33H,1-2H3;3-27,29-30H,28H2,1-2H3;1-4H. The smallest absolute Gasteiger partial charge is 0.0541 e. The molecule has 20 rings (SSSR count). The zero-order valence-corrected chi connectivity index (χ0v) is 66.3. The van der Waals surface area contributed by atoms with Crippen molar-refractivity contribution in [2.75, 3.05) is 9.80 Å². The van der Waals surface area contributed by atoms with Gasteiger partial charge in [-0.05, 0) is 286 Å². The number of fused-ring (bicyclic) bond motifs is 12. The van der Waals surface area contributed by atoms with E-state index in [0.717, 1.165) is 49.5 Å². The summed E-state index contributed by atoms with van der Waals surface area (Å²) in [5.41, 5.74) is 36.4. The van der Waals surface area contributed by atoms with Gasteiger partial charge in [0.1, 0.15) is 0 Å². The van der Waals surface area contributed by atoms with Gasteiger partial charge in [0.15, 0.2) is 0 Å². The first kappa shape index (κ1) is 69.4. The van der Waals surface area contributed by atoms with Gasteiger partial charge in [0.2, 0.25) is 0 Å². The average molecular weight is 1640 g/mol. The van der Waals surface area contributed by atoms with Gasteiger partial charge in [0.05, 0.1) is 11.0 Å². The molecule has 0 saturated heterocycles. The van der Waals surface area contributed by atoms with Gasteiger partial charge in [-0.1, -0.05) is 290 Å². The van der Waals surface area contributed by atoms with Crippen molar-refractivity contribution in [1.82, 2.24) is 4.57 Å². The summed E-state index contributed by atoms with van der Waals surface area (Å²) >= 11 is 9.22. The van der Waals surface area contributed by atoms with Crippen molar-refractivity contribution in [2.24, 2.45) is 0 Å². The van der Waals surface area contributed by atoms with E-state index in [4.69, 9.17) is 0 Å². The van der Waals surface area contributed by atoms with Crippen molar-refractivity contribution in [3.63, 3.8) is 0 Å². The summed E-state index contributed by atoms with van der Waals surface area (Å²) in [5, 5.41) is 2.50. The molecule has 524 valence electrons. The van der Waals surface area contributed by atoms with E-state index in [-0.39, 0.29) is 10.8 Å². The Hall–Kier alpha value is -11.4. The largest absolute Gasteiger partial charge is 0.310 e. The minimum absolute atomic E-state index is 0.0686. The number of para-hydroxylation sites is 1. The quantitative estimate of drug-likeness (QED) is 0.120. The fourth-order valence-corrected chi connectivity index (χ4v) is 17.7. The van der Waals surface area contributed by atoms with Crippen LogP contribution in [0.5, 0.6) is 0 Å². The fourth-order valence-electron chi connectivity index (χ4n) is 16.8. The first-order valence-corrected chi connectivity index (χ1v) is 40.0. The first-order chi connectivity index (χ1) is 53.3. The number of aromatic nitrogens is 1. The second-order valence-corrected chi connectivity index (χ2v) is 32.7. The molecule has 3 aliphatic rings. The van der Waals surface area contributed by atoms with Crippen molar-refractivity contribution >= 4 is 110 Å². The summed E-state index contributed by atoms with van der Waals surface area (Å²) in [5.74, 6) is 0. The van der Waals surface area contributed by atoms with E-state index in [1.165, 1.54) is 142 Å². The number of halogens is 3. The number of rotatable bonds is 11. The van der Waals surface area contributed by atoms with E-state index in [0.29, 0.717) is 0 Å². The molecule has 0 saturated carbocycles. The molecule has 109 heavy (non-hydrogen) atoms. The van der Waals surface area contributed by atoms with Crippen LogP contribution in [0.25, 0.3) is 105 Å². The maximum Gasteiger partial charge on any atom is 0.0541 e. The lowest BCUT2D eigenvalue weighted by molar-refractivity contribution is 0.660. The molecule has 0 fully saturated rings. The maximum absolute atomic E-state index is 3.60. The van der Waals surface area contributed by atoms with Crippen molar-refractivity contribution in [3.05, 3.63) is 422 Å². The van der Waals surface area contributed by atoms with Crippen LogP contribution < -0.4 is 9.80 Å². The minimum atomic E-state index is -0.0895. The third kappa shape index (κ3) is 13.1. The highest BCUT2D eigenvalue weighted by Crippen LogP contribution is 2.53. The second kappa shape index (κ2) is 29.0. The number of hydrogen-bond donors (Lipinski definition) is 0. The van der Waals surface area contributed by atoms with Gasteiger partial charge in [0, 0.05) is 73.9 Å². The molecule has 0 unspecified atom stereocenters. The molecule has 16 aromatic carbocycles. The average Bonchev–Trinajstić information content (AvgIpc) is 1.56. The monoisotopic (exact) mass is 1640 g/mol. The predicted octanol–water partition coefficient (Wildman–Crippen LogP) is 30.1. The molecule has 6 heteroatoms. The van der Waals surface area contributed by atoms with Gasteiger partial charge < -0.3 is 14.4 Å². The lowest BCUT2D eigenvalue weighted by Gasteiger charge is -2.28. The Labute approximate surface area is 669 Å². The Morgan fingerprint density at radius 2 is 0.624 bits per heavy atom. The normalized spacial score (nSPS) is 12.8. The van der Waals surface area contributed by atoms with Crippen LogP contribution in [0.15, 0.2) is 385 Å². The third-order valence-electron chi connectivity index (χ3n) is 22.4. The molecule has 0 bridgehead atoms. The van der Waals surface area contributed by atoms with Crippen molar-refractivity contribution in [2.45, 2.75) is 44.9 Å². The van der Waals surface area contributed by atoms with E-state index in [9.17, 15) is 0 Å². The van der Waals surface area contributed by atoms with Gasteiger partial charge in [-0.2, -0.15) is 0 Å². The molecule has 0 aliphatic heterocycles. The van der Waals surface area contributed by atoms with Crippen LogP contribution in [-0.4, -0.2) is 4.57 Å². The van der Waals surface area contributed by atoms with Crippen LogP contribution in [0.2, 0.25) is 0 Å². The highest BCUT2D eigenvalue weighted by atomic mass is 127. The van der Waals surface area contributed by atoms with E-state index in [1.807, 2.05) is 12.1 Å². The number of benzene rings is 16. The van der Waals surface area contributed by atoms with Crippen LogP contribution in [0.1, 0.15) is 61.1 Å². The number of nitrogens with zero attached hydrogens (tertiary/aromatic N) is 3. The van der Waals surface area contributed by atoms with Gasteiger partial charge in [-0.15, -0.1) is 0 Å². The van der Waals surface area contributed by atoms with E-state index >= 15 is 0 Å². The lowest BCUT2D eigenvalue weighted by Crippen LogP contribution is -2.16. The Morgan fingerprint density at radius 3 is 1.12 bits per heavy atom. The summed E-state index contributed by atoms with van der Waals surface area (Å²) in [4.78, 5) is 4.80. The Bertz CT molecular complexity index is 6220. The molecule has 3 aliphatic carbocycles. The summed E-state index contributed by atoms with van der Waals surface area (Å²) in [6, 6.07) is 137. The minimum Gasteiger partial charge on any atom is -0.310 e. The summed E-state index contributed by atoms with van der Waals surface area (Å²) in [6.07, 6.45) is 1.02.